The number of rotatable bonds is 12. The molecule has 1 N–H and O–H groups in total. The number of sulfonamides is 1. The third kappa shape index (κ3) is 7.85. The summed E-state index contributed by atoms with van der Waals surface area (Å²) in [6.07, 6.45) is 5.04. The summed E-state index contributed by atoms with van der Waals surface area (Å²) in [5, 5.41) is 3.05. The fourth-order valence-corrected chi connectivity index (χ4v) is 5.24. The van der Waals surface area contributed by atoms with Gasteiger partial charge < -0.3 is 19.7 Å². The minimum absolute atomic E-state index is 0.101. The van der Waals surface area contributed by atoms with Gasteiger partial charge in [0, 0.05) is 12.6 Å². The van der Waals surface area contributed by atoms with E-state index in [1.54, 1.807) is 50.4 Å². The molecule has 1 aliphatic carbocycles. The highest BCUT2D eigenvalue weighted by molar-refractivity contribution is 7.92. The first-order valence-corrected chi connectivity index (χ1v) is 14.4. The van der Waals surface area contributed by atoms with Crippen molar-refractivity contribution < 1.29 is 27.5 Å². The number of methoxy groups -OCH3 is 1. The van der Waals surface area contributed by atoms with E-state index < -0.39 is 28.5 Å². The SMILES string of the molecule is CCOc1ccc(N(CC(=O)N(Cc2ccc(OC)cc2)C(C)C(=O)NC2CCCC2)S(C)(=O)=O)cc1. The highest BCUT2D eigenvalue weighted by atomic mass is 32.2. The van der Waals surface area contributed by atoms with Crippen LogP contribution in [0.4, 0.5) is 5.69 Å². The van der Waals surface area contributed by atoms with Gasteiger partial charge in [0.15, 0.2) is 0 Å². The summed E-state index contributed by atoms with van der Waals surface area (Å²) in [6.45, 7) is 3.71. The lowest BCUT2D eigenvalue weighted by molar-refractivity contribution is -0.139. The molecule has 9 nitrogen and oxygen atoms in total. The highest BCUT2D eigenvalue weighted by Gasteiger charge is 2.31. The first kappa shape index (κ1) is 28.3. The van der Waals surface area contributed by atoms with Crippen LogP contribution in [0, 0.1) is 0 Å². The monoisotopic (exact) mass is 531 g/mol. The predicted molar refractivity (Wildman–Crippen MR) is 143 cm³/mol. The lowest BCUT2D eigenvalue weighted by atomic mass is 10.1. The van der Waals surface area contributed by atoms with Crippen LogP contribution in [0.2, 0.25) is 0 Å². The number of ether oxygens (including phenoxy) is 2. The number of anilines is 1. The maximum atomic E-state index is 13.6. The number of benzene rings is 2. The van der Waals surface area contributed by atoms with Gasteiger partial charge in [-0.05, 0) is 68.7 Å². The van der Waals surface area contributed by atoms with Gasteiger partial charge in [-0.1, -0.05) is 25.0 Å². The number of nitrogens with zero attached hydrogens (tertiary/aromatic N) is 2. The normalized spacial score (nSPS) is 14.6. The molecule has 1 saturated carbocycles. The molecule has 0 aromatic heterocycles. The van der Waals surface area contributed by atoms with E-state index in [4.69, 9.17) is 9.47 Å². The highest BCUT2D eigenvalue weighted by Crippen LogP contribution is 2.23. The van der Waals surface area contributed by atoms with Crippen molar-refractivity contribution in [1.82, 2.24) is 10.2 Å². The Morgan fingerprint density at radius 3 is 2.16 bits per heavy atom. The molecule has 2 aromatic carbocycles. The molecule has 2 amide bonds. The summed E-state index contributed by atoms with van der Waals surface area (Å²) in [5.41, 5.74) is 1.13. The van der Waals surface area contributed by atoms with Crippen molar-refractivity contribution in [2.24, 2.45) is 0 Å². The molecule has 0 radical (unpaired) electrons. The zero-order valence-electron chi connectivity index (χ0n) is 22.0. The molecule has 0 saturated heterocycles. The molecular formula is C27H37N3O6S. The number of amides is 2. The Morgan fingerprint density at radius 1 is 1.03 bits per heavy atom. The van der Waals surface area contributed by atoms with E-state index in [0.717, 1.165) is 41.8 Å². The first-order valence-electron chi connectivity index (χ1n) is 12.6. The Balaban J connectivity index is 1.86. The second-order valence-electron chi connectivity index (χ2n) is 9.23. The summed E-state index contributed by atoms with van der Waals surface area (Å²) in [6, 6.07) is 13.0. The van der Waals surface area contributed by atoms with Crippen molar-refractivity contribution >= 4 is 27.5 Å². The van der Waals surface area contributed by atoms with E-state index in [1.165, 1.54) is 4.90 Å². The Morgan fingerprint density at radius 2 is 1.62 bits per heavy atom. The molecule has 0 aliphatic heterocycles. The number of hydrogen-bond acceptors (Lipinski definition) is 6. The number of carbonyl (C=O) groups is 2. The lowest BCUT2D eigenvalue weighted by Crippen LogP contribution is -2.52. The quantitative estimate of drug-likeness (QED) is 0.451. The Labute approximate surface area is 219 Å². The summed E-state index contributed by atoms with van der Waals surface area (Å²) < 4.78 is 37.1. The fraction of sp³-hybridized carbons (Fsp3) is 0.481. The van der Waals surface area contributed by atoms with Gasteiger partial charge in [0.05, 0.1) is 25.7 Å². The van der Waals surface area contributed by atoms with Crippen LogP contribution in [0.15, 0.2) is 48.5 Å². The van der Waals surface area contributed by atoms with Gasteiger partial charge in [0.25, 0.3) is 0 Å². The molecule has 3 rings (SSSR count). The van der Waals surface area contributed by atoms with Crippen molar-refractivity contribution in [2.75, 3.05) is 30.8 Å². The zero-order chi connectivity index (χ0) is 27.0. The van der Waals surface area contributed by atoms with E-state index in [1.807, 2.05) is 19.1 Å². The average molecular weight is 532 g/mol. The molecule has 0 heterocycles. The average Bonchev–Trinajstić information content (AvgIpc) is 3.39. The summed E-state index contributed by atoms with van der Waals surface area (Å²) in [5.74, 6) is 0.543. The molecular weight excluding hydrogens is 494 g/mol. The first-order chi connectivity index (χ1) is 17.6. The molecule has 2 aromatic rings. The molecule has 1 atom stereocenters. The van der Waals surface area contributed by atoms with Crippen LogP contribution in [-0.2, 0) is 26.2 Å². The molecule has 202 valence electrons. The van der Waals surface area contributed by atoms with Gasteiger partial charge in [-0.2, -0.15) is 0 Å². The van der Waals surface area contributed by atoms with Crippen LogP contribution in [-0.4, -0.2) is 63.7 Å². The van der Waals surface area contributed by atoms with E-state index >= 15 is 0 Å². The number of hydrogen-bond donors (Lipinski definition) is 1. The lowest BCUT2D eigenvalue weighted by Gasteiger charge is -2.32. The second-order valence-corrected chi connectivity index (χ2v) is 11.1. The minimum Gasteiger partial charge on any atom is -0.497 e. The Bertz CT molecular complexity index is 1150. The van der Waals surface area contributed by atoms with Gasteiger partial charge >= 0.3 is 0 Å². The van der Waals surface area contributed by atoms with Gasteiger partial charge in [0.1, 0.15) is 24.1 Å². The van der Waals surface area contributed by atoms with Crippen molar-refractivity contribution in [2.45, 2.75) is 58.2 Å². The summed E-state index contributed by atoms with van der Waals surface area (Å²) >= 11 is 0. The molecule has 0 bridgehead atoms. The van der Waals surface area contributed by atoms with Crippen LogP contribution in [0.25, 0.3) is 0 Å². The standard InChI is InChI=1S/C27H37N3O6S/c1-5-36-25-16-12-23(13-17-25)30(37(4,33)34)19-26(31)29(18-21-10-14-24(35-3)15-11-21)20(2)27(32)28-22-8-6-7-9-22/h10-17,20,22H,5-9,18-19H2,1-4H3,(H,28,32). The Hall–Kier alpha value is -3.27. The molecule has 1 unspecified atom stereocenters. The Kier molecular flexibility index (Phi) is 9.79. The largest absolute Gasteiger partial charge is 0.497 e. The van der Waals surface area contributed by atoms with E-state index in [9.17, 15) is 18.0 Å². The van der Waals surface area contributed by atoms with Crippen molar-refractivity contribution in [3.05, 3.63) is 54.1 Å². The fourth-order valence-electron chi connectivity index (χ4n) is 4.39. The van der Waals surface area contributed by atoms with Crippen LogP contribution >= 0.6 is 0 Å². The summed E-state index contributed by atoms with van der Waals surface area (Å²) in [7, 11) is -2.22. The van der Waals surface area contributed by atoms with Gasteiger partial charge in [-0.25, -0.2) is 8.42 Å². The van der Waals surface area contributed by atoms with Crippen molar-refractivity contribution in [1.29, 1.82) is 0 Å². The third-order valence-corrected chi connectivity index (χ3v) is 7.64. The molecule has 1 fully saturated rings. The number of carbonyl (C=O) groups excluding carboxylic acids is 2. The molecule has 1 aliphatic rings. The number of nitrogens with one attached hydrogen (secondary N) is 1. The molecule has 10 heteroatoms. The van der Waals surface area contributed by atoms with Crippen LogP contribution in [0.1, 0.15) is 45.1 Å². The zero-order valence-corrected chi connectivity index (χ0v) is 22.8. The second kappa shape index (κ2) is 12.8. The maximum Gasteiger partial charge on any atom is 0.244 e. The topological polar surface area (TPSA) is 105 Å². The smallest absolute Gasteiger partial charge is 0.244 e. The third-order valence-electron chi connectivity index (χ3n) is 6.50. The predicted octanol–water partition coefficient (Wildman–Crippen LogP) is 3.34. The summed E-state index contributed by atoms with van der Waals surface area (Å²) in [4.78, 5) is 28.2. The maximum absolute atomic E-state index is 13.6. The van der Waals surface area contributed by atoms with E-state index in [0.29, 0.717) is 23.8 Å². The molecule has 37 heavy (non-hydrogen) atoms. The minimum atomic E-state index is -3.79. The van der Waals surface area contributed by atoms with Crippen molar-refractivity contribution in [3.63, 3.8) is 0 Å². The van der Waals surface area contributed by atoms with Crippen LogP contribution in [0.3, 0.4) is 0 Å². The van der Waals surface area contributed by atoms with Gasteiger partial charge in [0.2, 0.25) is 21.8 Å². The van der Waals surface area contributed by atoms with Gasteiger partial charge in [-0.15, -0.1) is 0 Å². The van der Waals surface area contributed by atoms with E-state index in [-0.39, 0.29) is 18.5 Å². The van der Waals surface area contributed by atoms with Crippen molar-refractivity contribution in [3.8, 4) is 11.5 Å². The van der Waals surface area contributed by atoms with Crippen LogP contribution in [0.5, 0.6) is 11.5 Å². The van der Waals surface area contributed by atoms with E-state index in [2.05, 4.69) is 5.32 Å². The molecule has 0 spiro atoms. The van der Waals surface area contributed by atoms with Crippen LogP contribution < -0.4 is 19.1 Å². The van der Waals surface area contributed by atoms with Gasteiger partial charge in [-0.3, -0.25) is 13.9 Å².